The molecule has 2 heterocycles. The van der Waals surface area contributed by atoms with Crippen molar-refractivity contribution in [2.24, 2.45) is 0 Å². The Kier molecular flexibility index (Phi) is 2.73. The van der Waals surface area contributed by atoms with Gasteiger partial charge >= 0.3 is 0 Å². The van der Waals surface area contributed by atoms with Crippen LogP contribution in [0.15, 0.2) is 12.1 Å². The Balaban J connectivity index is 2.10. The average molecular weight is 224 g/mol. The van der Waals surface area contributed by atoms with Gasteiger partial charge in [-0.15, -0.1) is 11.3 Å². The van der Waals surface area contributed by atoms with E-state index in [0.29, 0.717) is 18.0 Å². The van der Waals surface area contributed by atoms with Gasteiger partial charge in [-0.05, 0) is 19.1 Å². The van der Waals surface area contributed by atoms with Crippen molar-refractivity contribution in [3.63, 3.8) is 0 Å². The molecule has 1 aliphatic heterocycles. The molecule has 1 N–H and O–H groups in total. The zero-order valence-electron chi connectivity index (χ0n) is 8.45. The molecule has 0 spiro atoms. The lowest BCUT2D eigenvalue weighted by atomic mass is 10.3. The normalized spacial score (nSPS) is 16.3. The Morgan fingerprint density at radius 3 is 2.93 bits per heavy atom. The molecule has 1 aromatic rings. The number of nitrogens with zero attached hydrogens (tertiary/aromatic N) is 1. The van der Waals surface area contributed by atoms with E-state index in [1.54, 1.807) is 4.90 Å². The molecule has 0 unspecified atom stereocenters. The summed E-state index contributed by atoms with van der Waals surface area (Å²) >= 11 is 1.47. The van der Waals surface area contributed by atoms with E-state index in [-0.39, 0.29) is 18.4 Å². The maximum absolute atomic E-state index is 11.9. The minimum Gasteiger partial charge on any atom is -0.353 e. The lowest BCUT2D eigenvalue weighted by molar-refractivity contribution is -0.123. The number of carbonyl (C=O) groups is 2. The van der Waals surface area contributed by atoms with E-state index in [4.69, 9.17) is 0 Å². The van der Waals surface area contributed by atoms with Crippen LogP contribution in [0.1, 0.15) is 14.5 Å². The molecule has 0 aromatic carbocycles. The molecule has 1 saturated heterocycles. The number of rotatable bonds is 1. The highest BCUT2D eigenvalue weighted by molar-refractivity contribution is 7.13. The van der Waals surface area contributed by atoms with Crippen LogP contribution in [-0.2, 0) is 4.79 Å². The van der Waals surface area contributed by atoms with Crippen molar-refractivity contribution in [3.8, 4) is 0 Å². The summed E-state index contributed by atoms with van der Waals surface area (Å²) in [5, 5.41) is 2.69. The van der Waals surface area contributed by atoms with Gasteiger partial charge in [-0.3, -0.25) is 9.59 Å². The van der Waals surface area contributed by atoms with Crippen LogP contribution in [0, 0.1) is 6.92 Å². The highest BCUT2D eigenvalue weighted by atomic mass is 32.1. The van der Waals surface area contributed by atoms with Gasteiger partial charge in [0.2, 0.25) is 5.91 Å². The third kappa shape index (κ3) is 2.18. The van der Waals surface area contributed by atoms with Crippen molar-refractivity contribution in [2.75, 3.05) is 19.6 Å². The first-order chi connectivity index (χ1) is 7.16. The molecule has 0 radical (unpaired) electrons. The van der Waals surface area contributed by atoms with Gasteiger partial charge in [0.1, 0.15) is 0 Å². The second-order valence-corrected chi connectivity index (χ2v) is 4.77. The zero-order valence-corrected chi connectivity index (χ0v) is 9.26. The molecule has 15 heavy (non-hydrogen) atoms. The molecular weight excluding hydrogens is 212 g/mol. The number of thiophene rings is 1. The summed E-state index contributed by atoms with van der Waals surface area (Å²) < 4.78 is 0. The lowest BCUT2D eigenvalue weighted by Gasteiger charge is -2.26. The molecular formula is C10H12N2O2S. The van der Waals surface area contributed by atoms with Gasteiger partial charge < -0.3 is 10.2 Å². The van der Waals surface area contributed by atoms with Gasteiger partial charge in [0, 0.05) is 18.0 Å². The number of amides is 2. The van der Waals surface area contributed by atoms with E-state index in [0.717, 1.165) is 4.88 Å². The van der Waals surface area contributed by atoms with Crippen LogP contribution in [0.5, 0.6) is 0 Å². The summed E-state index contributed by atoms with van der Waals surface area (Å²) in [7, 11) is 0. The first-order valence-electron chi connectivity index (χ1n) is 4.79. The van der Waals surface area contributed by atoms with Gasteiger partial charge in [0.05, 0.1) is 11.4 Å². The Morgan fingerprint density at radius 2 is 2.33 bits per heavy atom. The van der Waals surface area contributed by atoms with Crippen molar-refractivity contribution in [1.29, 1.82) is 0 Å². The smallest absolute Gasteiger partial charge is 0.264 e. The molecule has 1 fully saturated rings. The third-order valence-electron chi connectivity index (χ3n) is 2.28. The van der Waals surface area contributed by atoms with Gasteiger partial charge in [0.25, 0.3) is 5.91 Å². The maximum atomic E-state index is 11.9. The predicted octanol–water partition coefficient (Wildman–Crippen LogP) is 0.629. The van der Waals surface area contributed by atoms with Crippen LogP contribution in [-0.4, -0.2) is 36.3 Å². The first kappa shape index (κ1) is 10.2. The minimum atomic E-state index is -0.0807. The Bertz CT molecular complexity index is 400. The molecule has 80 valence electrons. The molecule has 0 atom stereocenters. The molecule has 1 aromatic heterocycles. The van der Waals surface area contributed by atoms with Gasteiger partial charge in [-0.2, -0.15) is 0 Å². The van der Waals surface area contributed by atoms with E-state index in [1.165, 1.54) is 11.3 Å². The van der Waals surface area contributed by atoms with Crippen LogP contribution >= 0.6 is 11.3 Å². The fourth-order valence-electron chi connectivity index (χ4n) is 1.52. The number of hydrogen-bond donors (Lipinski definition) is 1. The fourth-order valence-corrected chi connectivity index (χ4v) is 2.35. The average Bonchev–Trinajstić information content (AvgIpc) is 2.64. The third-order valence-corrected chi connectivity index (χ3v) is 3.27. The highest BCUT2D eigenvalue weighted by Crippen LogP contribution is 2.17. The maximum Gasteiger partial charge on any atom is 0.264 e. The zero-order chi connectivity index (χ0) is 10.8. The van der Waals surface area contributed by atoms with Crippen LogP contribution in [0.3, 0.4) is 0 Å². The lowest BCUT2D eigenvalue weighted by Crippen LogP contribution is -2.49. The van der Waals surface area contributed by atoms with Crippen molar-refractivity contribution in [3.05, 3.63) is 21.9 Å². The number of hydrogen-bond acceptors (Lipinski definition) is 3. The monoisotopic (exact) mass is 224 g/mol. The first-order valence-corrected chi connectivity index (χ1v) is 5.61. The van der Waals surface area contributed by atoms with E-state index >= 15 is 0 Å². The molecule has 0 aliphatic carbocycles. The standard InChI is InChI=1S/C10H12N2O2S/c1-7-2-3-8(15-7)10(14)12-5-4-11-9(13)6-12/h2-3H,4-6H2,1H3,(H,11,13). The molecule has 4 nitrogen and oxygen atoms in total. The van der Waals surface area contributed by atoms with E-state index in [1.807, 2.05) is 19.1 Å². The van der Waals surface area contributed by atoms with E-state index in [9.17, 15) is 9.59 Å². The van der Waals surface area contributed by atoms with Crippen molar-refractivity contribution in [2.45, 2.75) is 6.92 Å². The molecule has 2 amide bonds. The quantitative estimate of drug-likeness (QED) is 0.760. The van der Waals surface area contributed by atoms with Crippen LogP contribution in [0.2, 0.25) is 0 Å². The summed E-state index contributed by atoms with van der Waals surface area (Å²) in [6.07, 6.45) is 0. The highest BCUT2D eigenvalue weighted by Gasteiger charge is 2.22. The largest absolute Gasteiger partial charge is 0.353 e. The SMILES string of the molecule is Cc1ccc(C(=O)N2CCNC(=O)C2)s1. The second-order valence-electron chi connectivity index (χ2n) is 3.49. The number of piperazine rings is 1. The summed E-state index contributed by atoms with van der Waals surface area (Å²) in [6.45, 7) is 3.29. The Hall–Kier alpha value is -1.36. The molecule has 0 saturated carbocycles. The fraction of sp³-hybridized carbons (Fsp3) is 0.400. The topological polar surface area (TPSA) is 49.4 Å². The summed E-state index contributed by atoms with van der Waals surface area (Å²) in [4.78, 5) is 26.4. The molecule has 5 heteroatoms. The molecule has 0 bridgehead atoms. The molecule has 2 rings (SSSR count). The number of carbonyl (C=O) groups excluding carboxylic acids is 2. The molecule has 1 aliphatic rings. The van der Waals surface area contributed by atoms with E-state index < -0.39 is 0 Å². The van der Waals surface area contributed by atoms with Crippen LogP contribution in [0.4, 0.5) is 0 Å². The minimum absolute atomic E-state index is 0.0389. The van der Waals surface area contributed by atoms with Crippen LogP contribution in [0.25, 0.3) is 0 Å². The van der Waals surface area contributed by atoms with Gasteiger partial charge in [-0.25, -0.2) is 0 Å². The Morgan fingerprint density at radius 1 is 1.53 bits per heavy atom. The van der Waals surface area contributed by atoms with Crippen molar-refractivity contribution < 1.29 is 9.59 Å². The summed E-state index contributed by atoms with van der Waals surface area (Å²) in [5.41, 5.74) is 0. The van der Waals surface area contributed by atoms with Gasteiger partial charge in [0.15, 0.2) is 0 Å². The van der Waals surface area contributed by atoms with Crippen molar-refractivity contribution in [1.82, 2.24) is 10.2 Å². The van der Waals surface area contributed by atoms with Crippen molar-refractivity contribution >= 4 is 23.2 Å². The van der Waals surface area contributed by atoms with E-state index in [2.05, 4.69) is 5.32 Å². The second kappa shape index (κ2) is 4.02. The number of nitrogens with one attached hydrogen (secondary N) is 1. The predicted molar refractivity (Wildman–Crippen MR) is 58.0 cm³/mol. The number of aryl methyl sites for hydroxylation is 1. The summed E-state index contributed by atoms with van der Waals surface area (Å²) in [5.74, 6) is -0.120. The Labute approximate surface area is 91.9 Å². The summed E-state index contributed by atoms with van der Waals surface area (Å²) in [6, 6.07) is 3.73. The van der Waals surface area contributed by atoms with Gasteiger partial charge in [-0.1, -0.05) is 0 Å². The van der Waals surface area contributed by atoms with Crippen LogP contribution < -0.4 is 5.32 Å².